The number of ether oxygens (including phenoxy) is 2. The first kappa shape index (κ1) is 7.86. The molecule has 0 saturated heterocycles. The molecule has 0 unspecified atom stereocenters. The Bertz CT molecular complexity index is 329. The van der Waals surface area contributed by atoms with E-state index in [2.05, 4.69) is 0 Å². The highest BCUT2D eigenvalue weighted by Crippen LogP contribution is 2.21. The van der Waals surface area contributed by atoms with E-state index >= 15 is 0 Å². The number of esters is 1. The molecule has 0 fully saturated rings. The maximum absolute atomic E-state index is 10.9. The lowest BCUT2D eigenvalue weighted by Gasteiger charge is -2.19. The Morgan fingerprint density at radius 3 is 2.62 bits per heavy atom. The van der Waals surface area contributed by atoms with Crippen LogP contribution in [-0.4, -0.2) is 5.97 Å². The SMILES string of the molecule is O=C1C=CO[C@@H](c2ccccc2)O1. The molecule has 0 aliphatic carbocycles. The van der Waals surface area contributed by atoms with Crippen LogP contribution in [0.3, 0.4) is 0 Å². The van der Waals surface area contributed by atoms with Gasteiger partial charge in [-0.2, -0.15) is 0 Å². The normalized spacial score (nSPS) is 20.6. The molecule has 1 aliphatic rings. The molecule has 3 nitrogen and oxygen atoms in total. The minimum Gasteiger partial charge on any atom is -0.458 e. The van der Waals surface area contributed by atoms with Gasteiger partial charge in [0.15, 0.2) is 0 Å². The Hall–Kier alpha value is -1.77. The van der Waals surface area contributed by atoms with Crippen molar-refractivity contribution in [1.82, 2.24) is 0 Å². The molecule has 2 rings (SSSR count). The van der Waals surface area contributed by atoms with Crippen molar-refractivity contribution in [2.45, 2.75) is 6.29 Å². The number of cyclic esters (lactones) is 1. The fraction of sp³-hybridized carbons (Fsp3) is 0.100. The predicted molar refractivity (Wildman–Crippen MR) is 45.5 cm³/mol. The molecule has 0 aromatic heterocycles. The Morgan fingerprint density at radius 1 is 1.15 bits per heavy atom. The quantitative estimate of drug-likeness (QED) is 0.612. The first-order valence-electron chi connectivity index (χ1n) is 3.94. The van der Waals surface area contributed by atoms with Gasteiger partial charge in [0.05, 0.1) is 12.3 Å². The van der Waals surface area contributed by atoms with Gasteiger partial charge in [0.25, 0.3) is 6.29 Å². The highest BCUT2D eigenvalue weighted by Gasteiger charge is 2.18. The molecule has 0 radical (unpaired) electrons. The molecule has 0 spiro atoms. The average Bonchev–Trinajstić information content (AvgIpc) is 2.19. The Morgan fingerprint density at radius 2 is 1.92 bits per heavy atom. The van der Waals surface area contributed by atoms with Crippen LogP contribution < -0.4 is 0 Å². The van der Waals surface area contributed by atoms with Crippen LogP contribution in [0.5, 0.6) is 0 Å². The molecule has 0 N–H and O–H groups in total. The lowest BCUT2D eigenvalue weighted by atomic mass is 10.2. The maximum atomic E-state index is 10.9. The Labute approximate surface area is 75.6 Å². The van der Waals surface area contributed by atoms with E-state index in [1.54, 1.807) is 0 Å². The van der Waals surface area contributed by atoms with Crippen LogP contribution in [0.2, 0.25) is 0 Å². The van der Waals surface area contributed by atoms with Crippen LogP contribution in [0.15, 0.2) is 42.7 Å². The third kappa shape index (κ3) is 1.69. The van der Waals surface area contributed by atoms with E-state index in [1.807, 2.05) is 30.3 Å². The number of hydrogen-bond acceptors (Lipinski definition) is 3. The summed E-state index contributed by atoms with van der Waals surface area (Å²) >= 11 is 0. The third-order valence-corrected chi connectivity index (χ3v) is 1.70. The molecule has 13 heavy (non-hydrogen) atoms. The van der Waals surface area contributed by atoms with Gasteiger partial charge in [-0.1, -0.05) is 30.3 Å². The molecule has 66 valence electrons. The summed E-state index contributed by atoms with van der Waals surface area (Å²) in [4.78, 5) is 10.9. The molecule has 3 heteroatoms. The van der Waals surface area contributed by atoms with Crippen LogP contribution in [0.25, 0.3) is 0 Å². The van der Waals surface area contributed by atoms with Crippen molar-refractivity contribution >= 4 is 5.97 Å². The number of carbonyl (C=O) groups is 1. The molecule has 0 saturated carbocycles. The van der Waals surface area contributed by atoms with Crippen molar-refractivity contribution in [3.05, 3.63) is 48.2 Å². The second-order valence-electron chi connectivity index (χ2n) is 2.62. The molecular weight excluding hydrogens is 168 g/mol. The van der Waals surface area contributed by atoms with Crippen molar-refractivity contribution < 1.29 is 14.3 Å². The number of rotatable bonds is 1. The summed E-state index contributed by atoms with van der Waals surface area (Å²) < 4.78 is 10.0. The second kappa shape index (κ2) is 3.31. The largest absolute Gasteiger partial charge is 0.458 e. The zero-order valence-electron chi connectivity index (χ0n) is 6.84. The fourth-order valence-electron chi connectivity index (χ4n) is 1.10. The van der Waals surface area contributed by atoms with E-state index in [-0.39, 0.29) is 5.97 Å². The van der Waals surface area contributed by atoms with Crippen molar-refractivity contribution in [1.29, 1.82) is 0 Å². The molecule has 1 aromatic rings. The molecule has 1 heterocycles. The van der Waals surface area contributed by atoms with E-state index in [4.69, 9.17) is 9.47 Å². The lowest BCUT2D eigenvalue weighted by molar-refractivity contribution is -0.170. The van der Waals surface area contributed by atoms with Crippen LogP contribution in [0, 0.1) is 0 Å². The van der Waals surface area contributed by atoms with Crippen LogP contribution in [0.4, 0.5) is 0 Å². The first-order valence-corrected chi connectivity index (χ1v) is 3.94. The van der Waals surface area contributed by atoms with E-state index in [0.29, 0.717) is 0 Å². The van der Waals surface area contributed by atoms with Gasteiger partial charge in [0.1, 0.15) is 0 Å². The van der Waals surface area contributed by atoms with Crippen molar-refractivity contribution in [3.8, 4) is 0 Å². The third-order valence-electron chi connectivity index (χ3n) is 1.70. The van der Waals surface area contributed by atoms with E-state index in [0.717, 1.165) is 5.56 Å². The van der Waals surface area contributed by atoms with Crippen molar-refractivity contribution in [2.75, 3.05) is 0 Å². The average molecular weight is 176 g/mol. The summed E-state index contributed by atoms with van der Waals surface area (Å²) in [5, 5.41) is 0. The summed E-state index contributed by atoms with van der Waals surface area (Å²) in [6, 6.07) is 9.31. The number of carbonyl (C=O) groups excluding carboxylic acids is 1. The monoisotopic (exact) mass is 176 g/mol. The van der Waals surface area contributed by atoms with E-state index < -0.39 is 6.29 Å². The van der Waals surface area contributed by atoms with Gasteiger partial charge < -0.3 is 9.47 Å². The zero-order valence-corrected chi connectivity index (χ0v) is 6.84. The molecule has 1 atom stereocenters. The molecule has 0 amide bonds. The predicted octanol–water partition coefficient (Wildman–Crippen LogP) is 1.77. The maximum Gasteiger partial charge on any atom is 0.337 e. The lowest BCUT2D eigenvalue weighted by Crippen LogP contribution is -2.14. The number of benzene rings is 1. The van der Waals surface area contributed by atoms with Crippen molar-refractivity contribution in [2.24, 2.45) is 0 Å². The van der Waals surface area contributed by atoms with Crippen LogP contribution >= 0.6 is 0 Å². The Kier molecular flexibility index (Phi) is 2.00. The number of hydrogen-bond donors (Lipinski definition) is 0. The molecule has 1 aliphatic heterocycles. The Balaban J connectivity index is 2.19. The summed E-state index contributed by atoms with van der Waals surface area (Å²) in [6.45, 7) is 0. The smallest absolute Gasteiger partial charge is 0.337 e. The summed E-state index contributed by atoms with van der Waals surface area (Å²) in [7, 11) is 0. The van der Waals surface area contributed by atoms with Gasteiger partial charge in [-0.25, -0.2) is 4.79 Å². The highest BCUT2D eigenvalue weighted by molar-refractivity contribution is 5.82. The second-order valence-corrected chi connectivity index (χ2v) is 2.62. The van der Waals surface area contributed by atoms with Gasteiger partial charge in [-0.05, 0) is 0 Å². The van der Waals surface area contributed by atoms with Gasteiger partial charge in [0.2, 0.25) is 0 Å². The molecular formula is C10H8O3. The minimum atomic E-state index is -0.598. The highest BCUT2D eigenvalue weighted by atomic mass is 16.7. The van der Waals surface area contributed by atoms with Gasteiger partial charge in [0, 0.05) is 5.56 Å². The summed E-state index contributed by atoms with van der Waals surface area (Å²) in [5.74, 6) is -0.375. The van der Waals surface area contributed by atoms with Crippen LogP contribution in [0.1, 0.15) is 11.9 Å². The van der Waals surface area contributed by atoms with E-state index in [1.165, 1.54) is 12.3 Å². The molecule has 0 bridgehead atoms. The standard InChI is InChI=1S/C10H8O3/c11-9-6-7-12-10(13-9)8-4-2-1-3-5-8/h1-7,10H/t10-/m1/s1. The van der Waals surface area contributed by atoms with E-state index in [9.17, 15) is 4.79 Å². The van der Waals surface area contributed by atoms with Gasteiger partial charge >= 0.3 is 5.97 Å². The zero-order chi connectivity index (χ0) is 9.10. The van der Waals surface area contributed by atoms with Crippen molar-refractivity contribution in [3.63, 3.8) is 0 Å². The summed E-state index contributed by atoms with van der Waals surface area (Å²) in [5.41, 5.74) is 0.834. The van der Waals surface area contributed by atoms with Gasteiger partial charge in [-0.3, -0.25) is 0 Å². The minimum absolute atomic E-state index is 0.375. The van der Waals surface area contributed by atoms with Gasteiger partial charge in [-0.15, -0.1) is 0 Å². The topological polar surface area (TPSA) is 35.5 Å². The summed E-state index contributed by atoms with van der Waals surface area (Å²) in [6.07, 6.45) is 2.00. The fourth-order valence-corrected chi connectivity index (χ4v) is 1.10. The first-order chi connectivity index (χ1) is 6.36. The molecule has 1 aromatic carbocycles. The van der Waals surface area contributed by atoms with Crippen LogP contribution in [-0.2, 0) is 14.3 Å².